The molecule has 1 N–H and O–H groups in total. The van der Waals surface area contributed by atoms with Crippen molar-refractivity contribution >= 4 is 45.1 Å². The summed E-state index contributed by atoms with van der Waals surface area (Å²) in [6.07, 6.45) is -4.65. The van der Waals surface area contributed by atoms with Crippen LogP contribution in [-0.2, 0) is 10.9 Å². The van der Waals surface area contributed by atoms with Crippen LogP contribution in [0.4, 0.5) is 23.2 Å². The van der Waals surface area contributed by atoms with Crippen molar-refractivity contribution in [3.8, 4) is 5.75 Å². The number of morpholine rings is 1. The van der Waals surface area contributed by atoms with Gasteiger partial charge in [0.2, 0.25) is 5.71 Å². The van der Waals surface area contributed by atoms with Gasteiger partial charge in [-0.1, -0.05) is 28.7 Å². The van der Waals surface area contributed by atoms with Crippen LogP contribution in [-0.4, -0.2) is 52.1 Å². The molecule has 0 saturated carbocycles. The second-order valence-corrected chi connectivity index (χ2v) is 8.68. The monoisotopic (exact) mass is 576 g/mol. The van der Waals surface area contributed by atoms with Gasteiger partial charge in [-0.05, 0) is 24.3 Å². The lowest BCUT2D eigenvalue weighted by molar-refractivity contribution is -0.559. The smallest absolute Gasteiger partial charge is 0.468 e. The molecule has 2 aliphatic rings. The van der Waals surface area contributed by atoms with Crippen molar-refractivity contribution in [3.05, 3.63) is 53.7 Å². The summed E-state index contributed by atoms with van der Waals surface area (Å²) in [5.74, 6) is -1.35. The van der Waals surface area contributed by atoms with Gasteiger partial charge in [-0.3, -0.25) is 0 Å². The molecule has 1 saturated heterocycles. The Bertz CT molecular complexity index is 1230. The van der Waals surface area contributed by atoms with Gasteiger partial charge in [0.1, 0.15) is 35.8 Å². The summed E-state index contributed by atoms with van der Waals surface area (Å²) in [6, 6.07) is 8.51. The summed E-state index contributed by atoms with van der Waals surface area (Å²) in [5.41, 5.74) is 2.03. The van der Waals surface area contributed by atoms with Crippen LogP contribution in [0.2, 0.25) is 0 Å². The van der Waals surface area contributed by atoms with E-state index < -0.39 is 23.9 Å². The number of hydrogen-bond donors (Lipinski definition) is 1. The van der Waals surface area contributed by atoms with E-state index in [4.69, 9.17) is 13.9 Å². The SMILES string of the molecule is Fc1ccc2c(c1)OCC(=[N+]1CCO[C@H](CI)C1)[C@H]2Nc1cccc2nc(C(F)(F)F)oc12. The molecule has 33 heavy (non-hydrogen) atoms. The largest absolute Gasteiger partial charge is 0.482 e. The number of halogens is 5. The predicted molar refractivity (Wildman–Crippen MR) is 121 cm³/mol. The minimum Gasteiger partial charge on any atom is -0.482 e. The summed E-state index contributed by atoms with van der Waals surface area (Å²) < 4.78 is 73.1. The third-order valence-corrected chi connectivity index (χ3v) is 6.65. The number of rotatable bonds is 3. The van der Waals surface area contributed by atoms with E-state index in [1.54, 1.807) is 18.2 Å². The summed E-state index contributed by atoms with van der Waals surface area (Å²) in [7, 11) is 0. The third-order valence-electron chi connectivity index (χ3n) is 5.67. The van der Waals surface area contributed by atoms with Crippen LogP contribution in [0.1, 0.15) is 17.5 Å². The lowest BCUT2D eigenvalue weighted by Crippen LogP contribution is -2.46. The number of alkyl halides is 4. The first-order chi connectivity index (χ1) is 15.8. The van der Waals surface area contributed by atoms with Crippen LogP contribution in [0.3, 0.4) is 0 Å². The van der Waals surface area contributed by atoms with Crippen molar-refractivity contribution in [2.75, 3.05) is 36.0 Å². The molecule has 1 aromatic heterocycles. The highest BCUT2D eigenvalue weighted by Crippen LogP contribution is 2.38. The highest BCUT2D eigenvalue weighted by Gasteiger charge is 2.39. The quantitative estimate of drug-likeness (QED) is 0.210. The van der Waals surface area contributed by atoms with E-state index in [1.807, 2.05) is 0 Å². The van der Waals surface area contributed by atoms with Gasteiger partial charge in [-0.25, -0.2) is 13.9 Å². The second-order valence-electron chi connectivity index (χ2n) is 7.80. The van der Waals surface area contributed by atoms with Crippen LogP contribution >= 0.6 is 22.6 Å². The minimum absolute atomic E-state index is 0.00597. The van der Waals surface area contributed by atoms with Crippen LogP contribution in [0.15, 0.2) is 40.8 Å². The number of para-hydroxylation sites is 1. The average Bonchev–Trinajstić information content (AvgIpc) is 3.25. The molecule has 0 unspecified atom stereocenters. The Labute approximate surface area is 199 Å². The molecule has 174 valence electrons. The van der Waals surface area contributed by atoms with E-state index in [9.17, 15) is 17.6 Å². The topological polar surface area (TPSA) is 59.5 Å². The molecule has 2 aromatic carbocycles. The number of hydrogen-bond acceptors (Lipinski definition) is 5. The maximum absolute atomic E-state index is 13.9. The summed E-state index contributed by atoms with van der Waals surface area (Å²) in [4.78, 5) is 3.58. The van der Waals surface area contributed by atoms with Crippen molar-refractivity contribution in [1.82, 2.24) is 4.98 Å². The number of ether oxygens (including phenoxy) is 2. The summed E-state index contributed by atoms with van der Waals surface area (Å²) in [6.45, 7) is 2.06. The van der Waals surface area contributed by atoms with Gasteiger partial charge in [-0.2, -0.15) is 13.2 Å². The van der Waals surface area contributed by atoms with Crippen molar-refractivity contribution in [2.24, 2.45) is 0 Å². The third kappa shape index (κ3) is 4.39. The number of nitrogens with zero attached hydrogens (tertiary/aromatic N) is 2. The van der Waals surface area contributed by atoms with Crippen molar-refractivity contribution in [1.29, 1.82) is 0 Å². The number of benzene rings is 2. The van der Waals surface area contributed by atoms with Gasteiger partial charge in [0.05, 0.1) is 5.69 Å². The van der Waals surface area contributed by atoms with E-state index in [2.05, 4.69) is 37.5 Å². The molecule has 0 amide bonds. The molecular weight excluding hydrogens is 557 g/mol. The number of fused-ring (bicyclic) bond motifs is 2. The van der Waals surface area contributed by atoms with Crippen LogP contribution in [0.25, 0.3) is 11.1 Å². The first kappa shape index (κ1) is 22.4. The number of oxazole rings is 1. The maximum Gasteiger partial charge on any atom is 0.468 e. The minimum atomic E-state index is -4.70. The Morgan fingerprint density at radius 3 is 2.85 bits per heavy atom. The molecular formula is C22H19F4IN3O3+. The number of aromatic nitrogens is 1. The number of nitrogens with one attached hydrogen (secondary N) is 1. The predicted octanol–water partition coefficient (Wildman–Crippen LogP) is 4.82. The molecule has 0 spiro atoms. The molecule has 2 atom stereocenters. The van der Waals surface area contributed by atoms with E-state index in [0.29, 0.717) is 36.7 Å². The van der Waals surface area contributed by atoms with E-state index in [-0.39, 0.29) is 23.8 Å². The zero-order valence-corrected chi connectivity index (χ0v) is 19.3. The molecule has 0 radical (unpaired) electrons. The van der Waals surface area contributed by atoms with Gasteiger partial charge in [-0.15, -0.1) is 0 Å². The fraction of sp³-hybridized carbons (Fsp3) is 0.364. The Morgan fingerprint density at radius 2 is 2.06 bits per heavy atom. The Kier molecular flexibility index (Phi) is 5.93. The van der Waals surface area contributed by atoms with Crippen molar-refractivity contribution in [3.63, 3.8) is 0 Å². The van der Waals surface area contributed by atoms with Gasteiger partial charge in [0.15, 0.2) is 25.3 Å². The molecule has 2 aliphatic heterocycles. The fourth-order valence-electron chi connectivity index (χ4n) is 4.13. The molecule has 3 aromatic rings. The first-order valence-corrected chi connectivity index (χ1v) is 11.8. The maximum atomic E-state index is 13.9. The van der Waals surface area contributed by atoms with Gasteiger partial charge >= 0.3 is 12.1 Å². The lowest BCUT2D eigenvalue weighted by atomic mass is 9.97. The Morgan fingerprint density at radius 1 is 1.21 bits per heavy atom. The van der Waals surface area contributed by atoms with Gasteiger partial charge in [0, 0.05) is 16.1 Å². The zero-order chi connectivity index (χ0) is 23.2. The number of anilines is 1. The lowest BCUT2D eigenvalue weighted by Gasteiger charge is -2.30. The molecule has 6 nitrogen and oxygen atoms in total. The molecule has 3 heterocycles. The fourth-order valence-corrected chi connectivity index (χ4v) is 4.67. The van der Waals surface area contributed by atoms with Crippen molar-refractivity contribution < 1.29 is 36.0 Å². The van der Waals surface area contributed by atoms with Crippen molar-refractivity contribution in [2.45, 2.75) is 18.3 Å². The van der Waals surface area contributed by atoms with Crippen LogP contribution in [0, 0.1) is 5.82 Å². The average molecular weight is 576 g/mol. The van der Waals surface area contributed by atoms with E-state index in [1.165, 1.54) is 18.2 Å². The van der Waals surface area contributed by atoms with Gasteiger partial charge in [0.25, 0.3) is 0 Å². The summed E-state index contributed by atoms with van der Waals surface area (Å²) in [5, 5.41) is 3.32. The van der Waals surface area contributed by atoms with E-state index >= 15 is 0 Å². The zero-order valence-electron chi connectivity index (χ0n) is 17.2. The molecule has 11 heteroatoms. The highest BCUT2D eigenvalue weighted by molar-refractivity contribution is 14.1. The Balaban J connectivity index is 1.60. The van der Waals surface area contributed by atoms with Crippen LogP contribution in [0.5, 0.6) is 5.75 Å². The highest BCUT2D eigenvalue weighted by atomic mass is 127. The summed E-state index contributed by atoms with van der Waals surface area (Å²) >= 11 is 2.27. The van der Waals surface area contributed by atoms with E-state index in [0.717, 1.165) is 10.1 Å². The van der Waals surface area contributed by atoms with Gasteiger partial charge < -0.3 is 19.2 Å². The first-order valence-electron chi connectivity index (χ1n) is 10.3. The molecule has 1 fully saturated rings. The normalized spacial score (nSPS) is 23.3. The standard InChI is InChI=1S/C22H19F4IN3O3/c23-12-4-5-14-18(8-12)32-11-17(30-6-7-31-13(9-27)10-30)19(14)28-15-2-1-3-16-20(15)33-21(29-16)22(24,25)26/h1-5,8,13,19,28H,6-7,9-11H2/q+1/t13-,19+/m1/s1. The van der Waals surface area contributed by atoms with Crippen LogP contribution < -0.4 is 10.1 Å². The molecule has 0 aliphatic carbocycles. The second kappa shape index (κ2) is 8.75. The molecule has 5 rings (SSSR count). The molecule has 0 bridgehead atoms. The Hall–Kier alpha value is -2.41.